The Bertz CT molecular complexity index is 1180. The minimum absolute atomic E-state index is 0.204. The Labute approximate surface area is 263 Å². The van der Waals surface area contributed by atoms with E-state index in [4.69, 9.17) is 31.2 Å². The number of carbonyl (C=O) groups is 3. The molecule has 0 radical (unpaired) electrons. The first-order valence-electron chi connectivity index (χ1n) is 16.2. The molecular formula is C34H46O10. The Morgan fingerprint density at radius 2 is 1.30 bits per heavy atom. The molecule has 2 aromatic carbocycles. The third kappa shape index (κ3) is 12.7. The maximum atomic E-state index is 12.4. The summed E-state index contributed by atoms with van der Waals surface area (Å²) in [7, 11) is 1.39. The van der Waals surface area contributed by atoms with Gasteiger partial charge in [-0.15, -0.1) is 0 Å². The molecule has 0 bridgehead atoms. The molecule has 1 fully saturated rings. The van der Waals surface area contributed by atoms with Gasteiger partial charge in [-0.2, -0.15) is 0 Å². The molecule has 1 heterocycles. The van der Waals surface area contributed by atoms with Crippen LogP contribution in [0, 0.1) is 0 Å². The number of esters is 3. The molecule has 242 valence electrons. The summed E-state index contributed by atoms with van der Waals surface area (Å²) in [6, 6.07) is 17.7. The topological polar surface area (TPSA) is 116 Å². The lowest BCUT2D eigenvalue weighted by molar-refractivity contribution is -0.321. The Morgan fingerprint density at radius 1 is 0.727 bits per heavy atom. The van der Waals surface area contributed by atoms with Crippen molar-refractivity contribution in [2.45, 2.75) is 103 Å². The van der Waals surface area contributed by atoms with Crippen molar-refractivity contribution in [2.75, 3.05) is 20.3 Å². The fourth-order valence-electron chi connectivity index (χ4n) is 4.74. The van der Waals surface area contributed by atoms with E-state index in [0.717, 1.165) is 32.1 Å². The summed E-state index contributed by atoms with van der Waals surface area (Å²) in [6.45, 7) is 0.163. The van der Waals surface area contributed by atoms with Crippen LogP contribution in [0.3, 0.4) is 0 Å². The van der Waals surface area contributed by atoms with E-state index in [9.17, 15) is 14.4 Å². The summed E-state index contributed by atoms with van der Waals surface area (Å²) in [5.74, 6) is -1.38. The molecule has 44 heavy (non-hydrogen) atoms. The molecule has 7 atom stereocenters. The van der Waals surface area contributed by atoms with Crippen LogP contribution in [0.2, 0.25) is 0 Å². The molecule has 0 aromatic heterocycles. The van der Waals surface area contributed by atoms with Crippen molar-refractivity contribution in [3.63, 3.8) is 0 Å². The van der Waals surface area contributed by atoms with Crippen molar-refractivity contribution in [1.82, 2.24) is 0 Å². The number of carbonyl (C=O) groups excluding carboxylic acids is 3. The highest BCUT2D eigenvalue weighted by molar-refractivity contribution is 5.69. The zero-order valence-electron chi connectivity index (χ0n) is 27.8. The first-order valence-corrected chi connectivity index (χ1v) is 15.1. The molecule has 10 nitrogen and oxygen atoms in total. The second-order valence-corrected chi connectivity index (χ2v) is 10.5. The van der Waals surface area contributed by atoms with Crippen molar-refractivity contribution < 1.29 is 50.3 Å². The number of ether oxygens (including phenoxy) is 7. The van der Waals surface area contributed by atoms with Crippen LogP contribution >= 0.6 is 0 Å². The third-order valence-corrected chi connectivity index (χ3v) is 6.95. The first-order chi connectivity index (χ1) is 22.2. The second kappa shape index (κ2) is 19.9. The van der Waals surface area contributed by atoms with E-state index in [1.54, 1.807) is 48.5 Å². The average molecular weight is 617 g/mol. The van der Waals surface area contributed by atoms with Gasteiger partial charge in [-0.25, -0.2) is 0 Å². The van der Waals surface area contributed by atoms with Gasteiger partial charge in [-0.3, -0.25) is 14.4 Å². The highest BCUT2D eigenvalue weighted by atomic mass is 16.7. The summed E-state index contributed by atoms with van der Waals surface area (Å²) in [5, 5.41) is 0. The van der Waals surface area contributed by atoms with Crippen molar-refractivity contribution in [3.05, 3.63) is 71.8 Å². The van der Waals surface area contributed by atoms with E-state index >= 15 is 0 Å². The van der Waals surface area contributed by atoms with Crippen LogP contribution in [-0.2, 0) is 60.7 Å². The lowest BCUT2D eigenvalue weighted by Gasteiger charge is -2.45. The Balaban J connectivity index is 1.79. The van der Waals surface area contributed by atoms with Crippen LogP contribution in [0.1, 0.15) is 72.7 Å². The summed E-state index contributed by atoms with van der Waals surface area (Å²) < 4.78 is 58.0. The SMILES string of the molecule is [2H]C(O[C@H]1[C@H](OC(C)=O)[C@H](OC([2H])c2ccccc2)C(OCCCCCCCCC(=O)OC)O[C@@H]1COC(C)=O)c1ccccc1. The van der Waals surface area contributed by atoms with Gasteiger partial charge in [0.05, 0.1) is 23.0 Å². The summed E-state index contributed by atoms with van der Waals surface area (Å²) >= 11 is 0. The predicted octanol–water partition coefficient (Wildman–Crippen LogP) is 5.30. The minimum atomic E-state index is -1.20. The molecule has 3 unspecified atom stereocenters. The van der Waals surface area contributed by atoms with Gasteiger partial charge in [-0.1, -0.05) is 86.3 Å². The smallest absolute Gasteiger partial charge is 0.305 e. The van der Waals surface area contributed by atoms with Crippen molar-refractivity contribution >= 4 is 17.9 Å². The van der Waals surface area contributed by atoms with E-state index < -0.39 is 55.8 Å². The van der Waals surface area contributed by atoms with Gasteiger partial charge >= 0.3 is 17.9 Å². The molecule has 0 aliphatic carbocycles. The standard InChI is InChI=1S/C34H46O10/c1-25(35)40-24-29-31(41-22-27-16-10-8-11-17-27)32(43-26(2)36)33(42-23-28-18-12-9-13-19-28)34(44-29)39-21-15-7-5-4-6-14-20-30(37)38-3/h8-13,16-19,29,31-34H,4-7,14-15,20-24H2,1-3H3/t29-,31-,32+,33+,34?/m1/s1/i22D,23D/t22?,23?,29-,31-,32+,33+,34?. The van der Waals surface area contributed by atoms with Crippen molar-refractivity contribution in [2.24, 2.45) is 0 Å². The highest BCUT2D eigenvalue weighted by Gasteiger charge is 2.50. The zero-order valence-corrected chi connectivity index (χ0v) is 25.8. The monoisotopic (exact) mass is 616 g/mol. The molecular weight excluding hydrogens is 568 g/mol. The molecule has 0 saturated carbocycles. The zero-order chi connectivity index (χ0) is 33.3. The molecule has 1 aliphatic rings. The van der Waals surface area contributed by atoms with Gasteiger partial charge in [0.2, 0.25) is 0 Å². The van der Waals surface area contributed by atoms with Crippen molar-refractivity contribution in [3.8, 4) is 0 Å². The quantitative estimate of drug-likeness (QED) is 0.117. The summed E-state index contributed by atoms with van der Waals surface area (Å²) in [4.78, 5) is 35.5. The predicted molar refractivity (Wildman–Crippen MR) is 161 cm³/mol. The lowest BCUT2D eigenvalue weighted by Crippen LogP contribution is -2.62. The van der Waals surface area contributed by atoms with Gasteiger partial charge in [0.1, 0.15) is 24.9 Å². The third-order valence-electron chi connectivity index (χ3n) is 6.95. The van der Waals surface area contributed by atoms with E-state index in [-0.39, 0.29) is 19.2 Å². The summed E-state index contributed by atoms with van der Waals surface area (Å²) in [5.41, 5.74) is 1.12. The van der Waals surface area contributed by atoms with E-state index in [1.165, 1.54) is 21.0 Å². The normalized spacial score (nSPS) is 23.5. The minimum Gasteiger partial charge on any atom is -0.469 e. The fraction of sp³-hybridized carbons (Fsp3) is 0.559. The largest absolute Gasteiger partial charge is 0.469 e. The van der Waals surface area contributed by atoms with E-state index in [2.05, 4.69) is 4.74 Å². The molecule has 0 amide bonds. The number of benzene rings is 2. The van der Waals surface area contributed by atoms with Gasteiger partial charge in [0.25, 0.3) is 0 Å². The fourth-order valence-corrected chi connectivity index (χ4v) is 4.74. The number of rotatable bonds is 19. The highest BCUT2D eigenvalue weighted by Crippen LogP contribution is 2.31. The second-order valence-electron chi connectivity index (χ2n) is 10.5. The van der Waals surface area contributed by atoms with Gasteiger partial charge in [0.15, 0.2) is 12.4 Å². The molecule has 0 spiro atoms. The number of unbranched alkanes of at least 4 members (excludes halogenated alkanes) is 5. The van der Waals surface area contributed by atoms with Crippen LogP contribution < -0.4 is 0 Å². The first kappa shape index (κ1) is 32.1. The number of hydrogen-bond acceptors (Lipinski definition) is 10. The summed E-state index contributed by atoms with van der Waals surface area (Å²) in [6.07, 6.45) is 0.111. The number of methoxy groups -OCH3 is 1. The van der Waals surface area contributed by atoms with Crippen LogP contribution in [0.5, 0.6) is 0 Å². The van der Waals surface area contributed by atoms with Crippen molar-refractivity contribution in [1.29, 1.82) is 0 Å². The van der Waals surface area contributed by atoms with Gasteiger partial charge < -0.3 is 33.2 Å². The van der Waals surface area contributed by atoms with E-state index in [1.807, 2.05) is 12.1 Å². The molecule has 0 N–H and O–H groups in total. The van der Waals surface area contributed by atoms with Gasteiger partial charge in [0, 0.05) is 26.9 Å². The van der Waals surface area contributed by atoms with Gasteiger partial charge in [-0.05, 0) is 24.0 Å². The van der Waals surface area contributed by atoms with Crippen LogP contribution in [0.25, 0.3) is 0 Å². The maximum absolute atomic E-state index is 12.4. The Hall–Kier alpha value is -3.31. The molecule has 3 rings (SSSR count). The van der Waals surface area contributed by atoms with Crippen LogP contribution in [-0.4, -0.2) is 68.9 Å². The molecule has 2 aromatic rings. The Morgan fingerprint density at radius 3 is 1.86 bits per heavy atom. The average Bonchev–Trinajstić information content (AvgIpc) is 3.05. The Kier molecular flexibility index (Phi) is 14.5. The lowest BCUT2D eigenvalue weighted by atomic mass is 9.98. The molecule has 1 saturated heterocycles. The molecule has 10 heteroatoms. The maximum Gasteiger partial charge on any atom is 0.305 e. The molecule has 1 aliphatic heterocycles. The van der Waals surface area contributed by atoms with Crippen LogP contribution in [0.4, 0.5) is 0 Å². The van der Waals surface area contributed by atoms with E-state index in [0.29, 0.717) is 24.0 Å². The number of hydrogen-bond donors (Lipinski definition) is 0. The van der Waals surface area contributed by atoms with Crippen LogP contribution in [0.15, 0.2) is 60.7 Å².